The van der Waals surface area contributed by atoms with E-state index in [4.69, 9.17) is 0 Å². The Morgan fingerprint density at radius 2 is 1.93 bits per heavy atom. The minimum atomic E-state index is -5.16. The highest BCUT2D eigenvalue weighted by Gasteiger charge is 2.64. The topological polar surface area (TPSA) is 80.3 Å². The highest BCUT2D eigenvalue weighted by molar-refractivity contribution is 7.22. The molecule has 0 radical (unpaired) electrons. The minimum absolute atomic E-state index is 0.146. The number of rotatable bonds is 9. The first kappa shape index (κ1) is 23.9. The van der Waals surface area contributed by atoms with Crippen LogP contribution in [0.25, 0.3) is 10.2 Å². The SMILES string of the molecule is CCCCC(=O)N[C@@](Nc1nc2ccc(C(C)C)cc2s1)(C(=O)OCC)C(F)(F)F. The number of fused-ring (bicyclic) bond motifs is 1. The molecule has 0 bridgehead atoms. The van der Waals surface area contributed by atoms with Gasteiger partial charge >= 0.3 is 17.8 Å². The van der Waals surface area contributed by atoms with E-state index in [9.17, 15) is 22.8 Å². The third kappa shape index (κ3) is 5.21. The van der Waals surface area contributed by atoms with Gasteiger partial charge in [0.05, 0.1) is 16.8 Å². The van der Waals surface area contributed by atoms with Gasteiger partial charge in [-0.2, -0.15) is 13.2 Å². The zero-order chi connectivity index (χ0) is 22.5. The van der Waals surface area contributed by atoms with Crippen LogP contribution in [-0.2, 0) is 14.3 Å². The van der Waals surface area contributed by atoms with E-state index in [1.54, 1.807) is 13.0 Å². The van der Waals surface area contributed by atoms with Gasteiger partial charge < -0.3 is 15.4 Å². The fraction of sp³-hybridized carbons (Fsp3) is 0.550. The van der Waals surface area contributed by atoms with E-state index in [-0.39, 0.29) is 24.1 Å². The van der Waals surface area contributed by atoms with E-state index in [1.165, 1.54) is 6.92 Å². The fourth-order valence-electron chi connectivity index (χ4n) is 2.75. The van der Waals surface area contributed by atoms with Crippen LogP contribution in [0.15, 0.2) is 18.2 Å². The summed E-state index contributed by atoms with van der Waals surface area (Å²) in [5.74, 6) is -2.30. The summed E-state index contributed by atoms with van der Waals surface area (Å²) < 4.78 is 47.8. The number of benzene rings is 1. The molecule has 0 aliphatic heterocycles. The number of ether oxygens (including phenoxy) is 1. The number of unbranched alkanes of at least 4 members (excludes halogenated alkanes) is 1. The van der Waals surface area contributed by atoms with Gasteiger partial charge in [0.15, 0.2) is 5.13 Å². The molecule has 2 aromatic rings. The summed E-state index contributed by atoms with van der Waals surface area (Å²) in [4.78, 5) is 28.8. The average molecular weight is 446 g/mol. The number of hydrogen-bond acceptors (Lipinski definition) is 6. The number of hydrogen-bond donors (Lipinski definition) is 2. The van der Waals surface area contributed by atoms with E-state index >= 15 is 0 Å². The summed E-state index contributed by atoms with van der Waals surface area (Å²) in [6.45, 7) is 6.93. The van der Waals surface area contributed by atoms with Crippen molar-refractivity contribution in [1.82, 2.24) is 10.3 Å². The van der Waals surface area contributed by atoms with Crippen molar-refractivity contribution in [1.29, 1.82) is 0 Å². The smallest absolute Gasteiger partial charge is 0.442 e. The molecule has 1 atom stereocenters. The molecule has 2 N–H and O–H groups in total. The van der Waals surface area contributed by atoms with Gasteiger partial charge in [0.25, 0.3) is 0 Å². The maximum Gasteiger partial charge on any atom is 0.442 e. The van der Waals surface area contributed by atoms with Gasteiger partial charge in [0.1, 0.15) is 0 Å². The molecule has 1 aromatic carbocycles. The van der Waals surface area contributed by atoms with Crippen molar-refractivity contribution in [3.8, 4) is 0 Å². The Balaban J connectivity index is 2.48. The van der Waals surface area contributed by atoms with Crippen molar-refractivity contribution >= 4 is 38.6 Å². The van der Waals surface area contributed by atoms with Crippen LogP contribution in [0, 0.1) is 0 Å². The Morgan fingerprint density at radius 1 is 1.23 bits per heavy atom. The standard InChI is InChI=1S/C20H26F3N3O3S/c1-5-7-8-16(27)25-19(20(21,22)23,17(28)29-6-2)26-18-24-14-10-9-13(12(3)4)11-15(14)30-18/h9-12H,5-8H2,1-4H3,(H,24,26)(H,25,27)/t19-/m1/s1. The van der Waals surface area contributed by atoms with Crippen LogP contribution in [0.2, 0.25) is 0 Å². The van der Waals surface area contributed by atoms with Gasteiger partial charge in [-0.25, -0.2) is 9.78 Å². The van der Waals surface area contributed by atoms with E-state index in [0.29, 0.717) is 23.1 Å². The van der Waals surface area contributed by atoms with E-state index in [1.807, 2.05) is 31.3 Å². The highest BCUT2D eigenvalue weighted by Crippen LogP contribution is 2.36. The Morgan fingerprint density at radius 3 is 2.50 bits per heavy atom. The Bertz CT molecular complexity index is 898. The van der Waals surface area contributed by atoms with Crippen LogP contribution in [-0.4, -0.2) is 35.3 Å². The van der Waals surface area contributed by atoms with Crippen molar-refractivity contribution in [2.45, 2.75) is 64.7 Å². The first-order valence-electron chi connectivity index (χ1n) is 9.77. The molecular formula is C20H26F3N3O3S. The Kier molecular flexibility index (Phi) is 7.68. The number of carbonyl (C=O) groups is 2. The van der Waals surface area contributed by atoms with Gasteiger partial charge in [-0.15, -0.1) is 0 Å². The number of esters is 1. The molecule has 166 valence electrons. The van der Waals surface area contributed by atoms with Crippen molar-refractivity contribution < 1.29 is 27.5 Å². The number of halogens is 3. The predicted octanol–water partition coefficient (Wildman–Crippen LogP) is 4.96. The van der Waals surface area contributed by atoms with Gasteiger partial charge in [-0.05, 0) is 37.0 Å². The van der Waals surface area contributed by atoms with Gasteiger partial charge in [0.2, 0.25) is 5.91 Å². The van der Waals surface area contributed by atoms with Crippen LogP contribution in [0.1, 0.15) is 58.4 Å². The van der Waals surface area contributed by atoms with Crippen LogP contribution < -0.4 is 10.6 Å². The third-order valence-electron chi connectivity index (χ3n) is 4.46. The number of anilines is 1. The quantitative estimate of drug-likeness (QED) is 0.421. The molecule has 1 heterocycles. The summed E-state index contributed by atoms with van der Waals surface area (Å²) >= 11 is 0.971. The third-order valence-corrected chi connectivity index (χ3v) is 5.40. The molecule has 0 aliphatic carbocycles. The lowest BCUT2D eigenvalue weighted by Gasteiger charge is -2.34. The van der Waals surface area contributed by atoms with Gasteiger partial charge in [0, 0.05) is 6.42 Å². The monoisotopic (exact) mass is 445 g/mol. The molecule has 1 amide bonds. The number of amides is 1. The maximum absolute atomic E-state index is 14.1. The Hall–Kier alpha value is -2.36. The number of nitrogens with one attached hydrogen (secondary N) is 2. The fourth-order valence-corrected chi connectivity index (χ4v) is 3.72. The molecule has 2 rings (SSSR count). The first-order chi connectivity index (χ1) is 14.0. The van der Waals surface area contributed by atoms with E-state index in [2.05, 4.69) is 15.0 Å². The summed E-state index contributed by atoms with van der Waals surface area (Å²) in [7, 11) is 0. The van der Waals surface area contributed by atoms with Crippen LogP contribution in [0.5, 0.6) is 0 Å². The number of nitrogens with zero attached hydrogens (tertiary/aromatic N) is 1. The zero-order valence-corrected chi connectivity index (χ0v) is 18.2. The Labute approximate surface area is 177 Å². The first-order valence-corrected chi connectivity index (χ1v) is 10.6. The molecule has 1 aromatic heterocycles. The van der Waals surface area contributed by atoms with Crippen LogP contribution in [0.3, 0.4) is 0 Å². The highest BCUT2D eigenvalue weighted by atomic mass is 32.1. The van der Waals surface area contributed by atoms with Gasteiger partial charge in [-0.3, -0.25) is 4.79 Å². The summed E-state index contributed by atoms with van der Waals surface area (Å²) in [6.07, 6.45) is -4.30. The predicted molar refractivity (Wildman–Crippen MR) is 110 cm³/mol. The maximum atomic E-state index is 14.1. The van der Waals surface area contributed by atoms with Gasteiger partial charge in [-0.1, -0.05) is 44.6 Å². The lowest BCUT2D eigenvalue weighted by molar-refractivity contribution is -0.207. The summed E-state index contributed by atoms with van der Waals surface area (Å²) in [5, 5.41) is 3.82. The van der Waals surface area contributed by atoms with Crippen LogP contribution >= 0.6 is 11.3 Å². The second-order valence-electron chi connectivity index (χ2n) is 7.15. The second kappa shape index (κ2) is 9.63. The normalized spacial score (nSPS) is 13.9. The molecular weight excluding hydrogens is 419 g/mol. The van der Waals surface area contributed by atoms with Crippen molar-refractivity contribution in [3.63, 3.8) is 0 Å². The molecule has 0 saturated carbocycles. The number of carbonyl (C=O) groups excluding carboxylic acids is 2. The van der Waals surface area contributed by atoms with Crippen molar-refractivity contribution in [3.05, 3.63) is 23.8 Å². The number of alkyl halides is 3. The van der Waals surface area contributed by atoms with Crippen molar-refractivity contribution in [2.24, 2.45) is 0 Å². The van der Waals surface area contributed by atoms with Crippen molar-refractivity contribution in [2.75, 3.05) is 11.9 Å². The molecule has 0 unspecified atom stereocenters. The largest absolute Gasteiger partial charge is 0.463 e. The molecule has 0 fully saturated rings. The lowest BCUT2D eigenvalue weighted by Crippen LogP contribution is -2.69. The summed E-state index contributed by atoms with van der Waals surface area (Å²) in [6, 6.07) is 5.42. The molecule has 0 spiro atoms. The molecule has 0 aliphatic rings. The molecule has 10 heteroatoms. The lowest BCUT2D eigenvalue weighted by atomic mass is 10.0. The molecule has 6 nitrogen and oxygen atoms in total. The summed E-state index contributed by atoms with van der Waals surface area (Å²) in [5.41, 5.74) is -1.93. The van der Waals surface area contributed by atoms with E-state index in [0.717, 1.165) is 16.9 Å². The average Bonchev–Trinajstić information content (AvgIpc) is 3.06. The number of thiazole rings is 1. The molecule has 0 saturated heterocycles. The van der Waals surface area contributed by atoms with Crippen LogP contribution in [0.4, 0.5) is 18.3 Å². The molecule has 30 heavy (non-hydrogen) atoms. The number of aromatic nitrogens is 1. The second-order valence-corrected chi connectivity index (χ2v) is 8.18. The zero-order valence-electron chi connectivity index (χ0n) is 17.4. The minimum Gasteiger partial charge on any atom is -0.463 e. The van der Waals surface area contributed by atoms with E-state index < -0.39 is 23.7 Å².